The Morgan fingerprint density at radius 2 is 2.50 bits per heavy atom. The molecule has 0 atom stereocenters. The molecule has 0 spiro atoms. The quantitative estimate of drug-likeness (QED) is 0.419. The van der Waals surface area contributed by atoms with E-state index < -0.39 is 0 Å². The lowest BCUT2D eigenvalue weighted by atomic mass is 10.4. The maximum absolute atomic E-state index is 4.46. The van der Waals surface area contributed by atoms with Crippen LogP contribution in [0.4, 0.5) is 0 Å². The summed E-state index contributed by atoms with van der Waals surface area (Å²) in [6.45, 7) is 0. The summed E-state index contributed by atoms with van der Waals surface area (Å²) in [6, 6.07) is 10.7. The molecule has 0 saturated carbocycles. The number of hydrogen-bond donors (Lipinski definition) is 1. The molecule has 1 aromatic rings. The molecule has 0 bridgehead atoms. The van der Waals surface area contributed by atoms with Crippen LogP contribution >= 0.6 is 24.2 Å². The molecular formula is C7H5NS2. The van der Waals surface area contributed by atoms with Gasteiger partial charge in [-0.2, -0.15) is 0 Å². The maximum Gasteiger partial charge on any atom is 0.145 e. The van der Waals surface area contributed by atoms with Gasteiger partial charge < -0.3 is 4.72 Å². The predicted molar refractivity (Wildman–Crippen MR) is 46.9 cm³/mol. The highest BCUT2D eigenvalue weighted by Crippen LogP contribution is 2.10. The normalized spacial score (nSPS) is 8.80. The van der Waals surface area contributed by atoms with Crippen molar-refractivity contribution < 1.29 is 0 Å². The lowest BCUT2D eigenvalue weighted by Gasteiger charge is -1.94. The SMILES string of the molecule is S=[C]NSc1[c]cccc1. The molecule has 0 aliphatic rings. The van der Waals surface area contributed by atoms with Crippen molar-refractivity contribution in [1.29, 1.82) is 0 Å². The van der Waals surface area contributed by atoms with E-state index in [0.717, 1.165) is 4.90 Å². The van der Waals surface area contributed by atoms with E-state index in [9.17, 15) is 0 Å². The Balaban J connectivity index is 2.50. The van der Waals surface area contributed by atoms with Crippen LogP contribution in [-0.4, -0.2) is 5.49 Å². The number of nitrogens with one attached hydrogen (secondary N) is 1. The van der Waals surface area contributed by atoms with Crippen molar-refractivity contribution in [3.8, 4) is 0 Å². The van der Waals surface area contributed by atoms with Crippen LogP contribution in [0.5, 0.6) is 0 Å². The first kappa shape index (κ1) is 7.57. The average Bonchev–Trinajstić information content (AvgIpc) is 2.03. The monoisotopic (exact) mass is 167 g/mol. The van der Waals surface area contributed by atoms with Crippen molar-refractivity contribution in [3.63, 3.8) is 0 Å². The number of hydrogen-bond acceptors (Lipinski definition) is 2. The molecule has 0 aliphatic carbocycles. The van der Waals surface area contributed by atoms with Gasteiger partial charge in [-0.15, -0.1) is 0 Å². The smallest absolute Gasteiger partial charge is 0.145 e. The lowest BCUT2D eigenvalue weighted by Crippen LogP contribution is -1.94. The summed E-state index contributed by atoms with van der Waals surface area (Å²) in [7, 11) is 0. The zero-order valence-corrected chi connectivity index (χ0v) is 6.76. The van der Waals surface area contributed by atoms with E-state index >= 15 is 0 Å². The molecule has 2 radical (unpaired) electrons. The van der Waals surface area contributed by atoms with Crippen LogP contribution < -0.4 is 4.72 Å². The fourth-order valence-corrected chi connectivity index (χ4v) is 1.07. The largest absolute Gasteiger partial charge is 0.314 e. The molecular weight excluding hydrogens is 162 g/mol. The fraction of sp³-hybridized carbons (Fsp3) is 0. The third kappa shape index (κ3) is 2.37. The second-order valence-corrected chi connectivity index (χ2v) is 2.59. The summed E-state index contributed by atoms with van der Waals surface area (Å²) in [4.78, 5) is 1.01. The molecule has 0 aromatic heterocycles. The Kier molecular flexibility index (Phi) is 3.26. The van der Waals surface area contributed by atoms with Crippen LogP contribution in [-0.2, 0) is 0 Å². The molecule has 10 heavy (non-hydrogen) atoms. The summed E-state index contributed by atoms with van der Waals surface area (Å²) in [5.74, 6) is 0. The summed E-state index contributed by atoms with van der Waals surface area (Å²) >= 11 is 5.85. The van der Waals surface area contributed by atoms with Gasteiger partial charge in [-0.3, -0.25) is 0 Å². The first-order chi connectivity index (χ1) is 4.93. The molecule has 0 fully saturated rings. The summed E-state index contributed by atoms with van der Waals surface area (Å²) in [5.41, 5.74) is 2.39. The van der Waals surface area contributed by atoms with Crippen LogP contribution in [0, 0.1) is 6.07 Å². The van der Waals surface area contributed by atoms with Crippen LogP contribution in [0.2, 0.25) is 0 Å². The average molecular weight is 167 g/mol. The van der Waals surface area contributed by atoms with E-state index in [1.165, 1.54) is 11.9 Å². The van der Waals surface area contributed by atoms with Crippen molar-refractivity contribution in [1.82, 2.24) is 4.72 Å². The van der Waals surface area contributed by atoms with Gasteiger partial charge in [0.1, 0.15) is 5.49 Å². The van der Waals surface area contributed by atoms with E-state index in [-0.39, 0.29) is 0 Å². The van der Waals surface area contributed by atoms with Crippen molar-refractivity contribution in [2.24, 2.45) is 0 Å². The topological polar surface area (TPSA) is 12.0 Å². The minimum Gasteiger partial charge on any atom is -0.314 e. The third-order valence-corrected chi connectivity index (χ3v) is 1.79. The van der Waals surface area contributed by atoms with Gasteiger partial charge in [0.25, 0.3) is 0 Å². The van der Waals surface area contributed by atoms with Crippen LogP contribution in [0.15, 0.2) is 29.2 Å². The predicted octanol–water partition coefficient (Wildman–Crippen LogP) is 1.92. The van der Waals surface area contributed by atoms with Crippen LogP contribution in [0.1, 0.15) is 0 Å². The first-order valence-corrected chi connectivity index (χ1v) is 3.91. The molecule has 0 unspecified atom stereocenters. The second-order valence-electron chi connectivity index (χ2n) is 1.53. The van der Waals surface area contributed by atoms with Gasteiger partial charge in [-0.25, -0.2) is 0 Å². The zero-order chi connectivity index (χ0) is 7.23. The van der Waals surface area contributed by atoms with Gasteiger partial charge in [0.2, 0.25) is 0 Å². The van der Waals surface area contributed by atoms with Crippen LogP contribution in [0.25, 0.3) is 0 Å². The molecule has 50 valence electrons. The molecule has 1 rings (SSSR count). The van der Waals surface area contributed by atoms with Crippen molar-refractivity contribution in [2.75, 3.05) is 0 Å². The lowest BCUT2D eigenvalue weighted by molar-refractivity contribution is 1.42. The minimum atomic E-state index is 1.01. The highest BCUT2D eigenvalue weighted by molar-refractivity contribution is 7.98. The highest BCUT2D eigenvalue weighted by Gasteiger charge is 1.87. The van der Waals surface area contributed by atoms with E-state index in [1.54, 1.807) is 0 Å². The van der Waals surface area contributed by atoms with Gasteiger partial charge in [0.15, 0.2) is 0 Å². The third-order valence-electron chi connectivity index (χ3n) is 0.883. The second kappa shape index (κ2) is 4.30. The van der Waals surface area contributed by atoms with Crippen molar-refractivity contribution in [2.45, 2.75) is 4.90 Å². The number of benzene rings is 1. The van der Waals surface area contributed by atoms with E-state index in [2.05, 4.69) is 28.5 Å². The first-order valence-electron chi connectivity index (χ1n) is 2.69. The summed E-state index contributed by atoms with van der Waals surface area (Å²) in [5, 5.41) is 0. The molecule has 1 N–H and O–H groups in total. The summed E-state index contributed by atoms with van der Waals surface area (Å²) in [6.07, 6.45) is 0. The fourth-order valence-electron chi connectivity index (χ4n) is 0.516. The molecule has 0 amide bonds. The standard InChI is InChI=1S/C7H5NS2/c9-6-8-10-7-4-2-1-3-5-7/h1-4H,(H,8,9). The molecule has 0 saturated heterocycles. The Morgan fingerprint density at radius 1 is 1.60 bits per heavy atom. The Morgan fingerprint density at radius 3 is 3.10 bits per heavy atom. The van der Waals surface area contributed by atoms with E-state index in [1.807, 2.05) is 24.3 Å². The minimum absolute atomic E-state index is 1.01. The Labute approximate surface area is 70.0 Å². The molecule has 3 heteroatoms. The van der Waals surface area contributed by atoms with Gasteiger partial charge in [0.05, 0.1) is 0 Å². The maximum atomic E-state index is 4.46. The van der Waals surface area contributed by atoms with Crippen LogP contribution in [0.3, 0.4) is 0 Å². The highest BCUT2D eigenvalue weighted by atomic mass is 32.2. The zero-order valence-electron chi connectivity index (χ0n) is 5.13. The molecule has 0 aliphatic heterocycles. The Hall–Kier alpha value is -0.540. The Bertz CT molecular complexity index is 198. The van der Waals surface area contributed by atoms with E-state index in [4.69, 9.17) is 0 Å². The number of rotatable bonds is 3. The van der Waals surface area contributed by atoms with Gasteiger partial charge in [-0.05, 0) is 24.1 Å². The van der Waals surface area contributed by atoms with Crippen molar-refractivity contribution >= 4 is 29.7 Å². The van der Waals surface area contributed by atoms with Gasteiger partial charge in [-0.1, -0.05) is 30.4 Å². The molecule has 1 nitrogen and oxygen atoms in total. The molecule has 1 aromatic carbocycles. The van der Waals surface area contributed by atoms with Gasteiger partial charge >= 0.3 is 0 Å². The summed E-state index contributed by atoms with van der Waals surface area (Å²) < 4.78 is 2.71. The molecule has 0 heterocycles. The van der Waals surface area contributed by atoms with Crippen molar-refractivity contribution in [3.05, 3.63) is 30.3 Å². The van der Waals surface area contributed by atoms with Gasteiger partial charge in [0, 0.05) is 4.90 Å². The van der Waals surface area contributed by atoms with E-state index in [0.29, 0.717) is 0 Å². The number of thiocarbonyl (C=S) groups is 1.